The van der Waals surface area contributed by atoms with E-state index in [0.29, 0.717) is 0 Å². The molecule has 1 rings (SSSR count). The van der Waals surface area contributed by atoms with E-state index in [9.17, 15) is 9.59 Å². The fourth-order valence-corrected chi connectivity index (χ4v) is 2.16. The van der Waals surface area contributed by atoms with Gasteiger partial charge in [0.1, 0.15) is 11.6 Å². The molecule has 1 fully saturated rings. The van der Waals surface area contributed by atoms with Crippen molar-refractivity contribution in [3.05, 3.63) is 0 Å². The molecule has 1 unspecified atom stereocenters. The second-order valence-corrected chi connectivity index (χ2v) is 6.33. The summed E-state index contributed by atoms with van der Waals surface area (Å²) in [4.78, 5) is 23.3. The third-order valence-electron chi connectivity index (χ3n) is 3.15. The molecule has 1 aliphatic carbocycles. The largest absolute Gasteiger partial charge is 0.444 e. The lowest BCUT2D eigenvalue weighted by Gasteiger charge is -2.25. The number of ether oxygens (including phenoxy) is 1. The van der Waals surface area contributed by atoms with Crippen LogP contribution in [-0.2, 0) is 9.53 Å². The lowest BCUT2D eigenvalue weighted by molar-refractivity contribution is -0.123. The topological polar surface area (TPSA) is 93.4 Å². The monoisotopic (exact) mass is 285 g/mol. The first-order valence-corrected chi connectivity index (χ1v) is 7.31. The van der Waals surface area contributed by atoms with E-state index in [2.05, 4.69) is 10.6 Å². The van der Waals surface area contributed by atoms with Crippen molar-refractivity contribution in [1.29, 1.82) is 0 Å². The number of carbonyl (C=O) groups is 2. The molecule has 0 radical (unpaired) electrons. The van der Waals surface area contributed by atoms with Crippen molar-refractivity contribution in [3.8, 4) is 0 Å². The Morgan fingerprint density at radius 2 is 1.85 bits per heavy atom. The summed E-state index contributed by atoms with van der Waals surface area (Å²) in [5.41, 5.74) is 5.21. The molecule has 1 aliphatic rings. The number of hydrogen-bond acceptors (Lipinski definition) is 4. The molecule has 1 atom stereocenters. The Balaban J connectivity index is 2.25. The lowest BCUT2D eigenvalue weighted by Crippen LogP contribution is -2.51. The highest BCUT2D eigenvalue weighted by Gasteiger charge is 2.21. The molecule has 0 aliphatic heterocycles. The van der Waals surface area contributed by atoms with Gasteiger partial charge in [0, 0.05) is 12.6 Å². The van der Waals surface area contributed by atoms with E-state index < -0.39 is 17.7 Å². The Labute approximate surface area is 120 Å². The maximum absolute atomic E-state index is 11.9. The molecule has 0 aromatic rings. The predicted molar refractivity (Wildman–Crippen MR) is 77.2 cm³/mol. The van der Waals surface area contributed by atoms with E-state index in [1.165, 1.54) is 6.42 Å². The summed E-state index contributed by atoms with van der Waals surface area (Å²) in [5, 5.41) is 5.44. The van der Waals surface area contributed by atoms with Gasteiger partial charge >= 0.3 is 6.09 Å². The minimum absolute atomic E-state index is 0.0769. The number of amides is 2. The van der Waals surface area contributed by atoms with Crippen LogP contribution in [0.5, 0.6) is 0 Å². The van der Waals surface area contributed by atoms with Gasteiger partial charge in [-0.25, -0.2) is 4.79 Å². The molecule has 6 heteroatoms. The van der Waals surface area contributed by atoms with Crippen molar-refractivity contribution in [2.75, 3.05) is 6.54 Å². The van der Waals surface area contributed by atoms with Gasteiger partial charge in [0.05, 0.1) is 0 Å². The number of carbonyl (C=O) groups excluding carboxylic acids is 2. The van der Waals surface area contributed by atoms with Gasteiger partial charge in [-0.15, -0.1) is 0 Å². The summed E-state index contributed by atoms with van der Waals surface area (Å²) in [6.45, 7) is 5.42. The normalized spacial score (nSPS) is 18.2. The Hall–Kier alpha value is -1.30. The minimum atomic E-state index is -0.746. The van der Waals surface area contributed by atoms with Crippen LogP contribution < -0.4 is 16.4 Å². The van der Waals surface area contributed by atoms with Crippen LogP contribution in [0.25, 0.3) is 0 Å². The zero-order valence-electron chi connectivity index (χ0n) is 12.7. The van der Waals surface area contributed by atoms with Crippen molar-refractivity contribution in [2.24, 2.45) is 5.73 Å². The van der Waals surface area contributed by atoms with Gasteiger partial charge in [-0.05, 0) is 33.6 Å². The number of alkyl carbamates (subject to hydrolysis) is 1. The van der Waals surface area contributed by atoms with E-state index in [0.717, 1.165) is 25.7 Å². The highest BCUT2D eigenvalue weighted by atomic mass is 16.6. The van der Waals surface area contributed by atoms with Gasteiger partial charge in [0.15, 0.2) is 0 Å². The third-order valence-corrected chi connectivity index (χ3v) is 3.15. The Kier molecular flexibility index (Phi) is 6.26. The Bertz CT molecular complexity index is 333. The van der Waals surface area contributed by atoms with Gasteiger partial charge in [0.25, 0.3) is 0 Å². The second kappa shape index (κ2) is 7.47. The van der Waals surface area contributed by atoms with Crippen LogP contribution in [0.1, 0.15) is 52.9 Å². The number of nitrogens with two attached hydrogens (primary N) is 1. The fourth-order valence-electron chi connectivity index (χ4n) is 2.16. The average molecular weight is 285 g/mol. The molecule has 0 aromatic carbocycles. The first kappa shape index (κ1) is 16.8. The van der Waals surface area contributed by atoms with Crippen LogP contribution in [0.2, 0.25) is 0 Å². The maximum atomic E-state index is 11.9. The standard InChI is InChI=1S/C14H27N3O3/c1-14(2,3)20-13(19)16-9-11(15)12(18)17-10-7-5-4-6-8-10/h10-11H,4-9,15H2,1-3H3,(H,16,19)(H,17,18). The molecule has 20 heavy (non-hydrogen) atoms. The summed E-state index contributed by atoms with van der Waals surface area (Å²) in [5.74, 6) is -0.215. The van der Waals surface area contributed by atoms with E-state index in [1.54, 1.807) is 20.8 Å². The van der Waals surface area contributed by atoms with Crippen molar-refractivity contribution < 1.29 is 14.3 Å². The first-order valence-electron chi connectivity index (χ1n) is 7.31. The lowest BCUT2D eigenvalue weighted by atomic mass is 9.95. The van der Waals surface area contributed by atoms with Gasteiger partial charge in [-0.2, -0.15) is 0 Å². The van der Waals surface area contributed by atoms with Crippen molar-refractivity contribution in [2.45, 2.75) is 70.6 Å². The Morgan fingerprint density at radius 3 is 2.40 bits per heavy atom. The molecule has 2 amide bonds. The quantitative estimate of drug-likeness (QED) is 0.725. The van der Waals surface area contributed by atoms with Gasteiger partial charge < -0.3 is 21.1 Å². The molecular formula is C14H27N3O3. The summed E-state index contributed by atoms with van der Waals surface area (Å²) in [6, 6.07) is -0.520. The molecule has 0 saturated heterocycles. The molecule has 0 spiro atoms. The molecular weight excluding hydrogens is 258 g/mol. The van der Waals surface area contributed by atoms with Crippen molar-refractivity contribution in [1.82, 2.24) is 10.6 Å². The Morgan fingerprint density at radius 1 is 1.25 bits per heavy atom. The smallest absolute Gasteiger partial charge is 0.407 e. The number of nitrogens with one attached hydrogen (secondary N) is 2. The minimum Gasteiger partial charge on any atom is -0.444 e. The third kappa shape index (κ3) is 6.75. The first-order chi connectivity index (χ1) is 9.28. The highest BCUT2D eigenvalue weighted by molar-refractivity contribution is 5.82. The number of rotatable bonds is 4. The van der Waals surface area contributed by atoms with Crippen LogP contribution >= 0.6 is 0 Å². The molecule has 1 saturated carbocycles. The summed E-state index contributed by atoms with van der Waals surface area (Å²) >= 11 is 0. The van der Waals surface area contributed by atoms with Gasteiger partial charge in [-0.3, -0.25) is 4.79 Å². The van der Waals surface area contributed by atoms with Crippen molar-refractivity contribution in [3.63, 3.8) is 0 Å². The van der Waals surface area contributed by atoms with Crippen LogP contribution in [0.4, 0.5) is 4.79 Å². The van der Waals surface area contributed by atoms with E-state index in [1.807, 2.05) is 0 Å². The number of hydrogen-bond donors (Lipinski definition) is 3. The van der Waals surface area contributed by atoms with Crippen LogP contribution in [0, 0.1) is 0 Å². The SMILES string of the molecule is CC(C)(C)OC(=O)NCC(N)C(=O)NC1CCCCC1. The average Bonchev–Trinajstić information content (AvgIpc) is 2.35. The molecule has 116 valence electrons. The van der Waals surface area contributed by atoms with E-state index in [4.69, 9.17) is 10.5 Å². The van der Waals surface area contributed by atoms with Gasteiger partial charge in [-0.1, -0.05) is 19.3 Å². The van der Waals surface area contributed by atoms with E-state index >= 15 is 0 Å². The molecule has 6 nitrogen and oxygen atoms in total. The van der Waals surface area contributed by atoms with Crippen LogP contribution in [-0.4, -0.2) is 36.2 Å². The predicted octanol–water partition coefficient (Wildman–Crippen LogP) is 1.29. The summed E-state index contributed by atoms with van der Waals surface area (Å²) in [6.07, 6.45) is 5.00. The molecule has 4 N–H and O–H groups in total. The summed E-state index contributed by atoms with van der Waals surface area (Å²) < 4.78 is 5.08. The van der Waals surface area contributed by atoms with Crippen LogP contribution in [0.3, 0.4) is 0 Å². The van der Waals surface area contributed by atoms with Crippen LogP contribution in [0.15, 0.2) is 0 Å². The molecule has 0 aromatic heterocycles. The highest BCUT2D eigenvalue weighted by Crippen LogP contribution is 2.17. The van der Waals surface area contributed by atoms with Gasteiger partial charge in [0.2, 0.25) is 5.91 Å². The van der Waals surface area contributed by atoms with Crippen molar-refractivity contribution >= 4 is 12.0 Å². The zero-order valence-corrected chi connectivity index (χ0v) is 12.7. The zero-order chi connectivity index (χ0) is 15.2. The van der Waals surface area contributed by atoms with E-state index in [-0.39, 0.29) is 18.5 Å². The summed E-state index contributed by atoms with van der Waals surface area (Å²) in [7, 11) is 0. The molecule has 0 bridgehead atoms. The molecule has 0 heterocycles. The second-order valence-electron chi connectivity index (χ2n) is 6.33. The fraction of sp³-hybridized carbons (Fsp3) is 0.857. The maximum Gasteiger partial charge on any atom is 0.407 e.